The van der Waals surface area contributed by atoms with E-state index >= 15 is 0 Å². The predicted molar refractivity (Wildman–Crippen MR) is 121 cm³/mol. The van der Waals surface area contributed by atoms with E-state index in [9.17, 15) is 40.5 Å². The topological polar surface area (TPSA) is 189 Å². The maximum atomic E-state index is 13.0. The number of aliphatic hydroxyl groups is 7. The second-order valence-corrected chi connectivity index (χ2v) is 12.2. The summed E-state index contributed by atoms with van der Waals surface area (Å²) >= 11 is 0. The first-order chi connectivity index (χ1) is 16.3. The lowest BCUT2D eigenvalue weighted by atomic mass is 9.43. The van der Waals surface area contributed by atoms with Crippen molar-refractivity contribution >= 4 is 5.78 Å². The minimum atomic E-state index is -1.86. The van der Waals surface area contributed by atoms with Gasteiger partial charge >= 0.3 is 0 Å². The Labute approximate surface area is 205 Å². The first-order valence-corrected chi connectivity index (χ1v) is 12.5. The molecule has 0 amide bonds. The predicted octanol–water partition coefficient (Wildman–Crippen LogP) is -2.21. The molecule has 1 heterocycles. The second kappa shape index (κ2) is 9.86. The van der Waals surface area contributed by atoms with E-state index in [2.05, 4.69) is 19.2 Å². The van der Waals surface area contributed by atoms with Gasteiger partial charge in [-0.3, -0.25) is 4.79 Å². The van der Waals surface area contributed by atoms with Crippen LogP contribution in [0.15, 0.2) is 0 Å². The Hall–Kier alpha value is -0.730. The molecule has 4 aliphatic carbocycles. The summed E-state index contributed by atoms with van der Waals surface area (Å²) in [5.41, 5.74) is 0.261. The van der Waals surface area contributed by atoms with Crippen molar-refractivity contribution in [2.45, 2.75) is 107 Å². The van der Waals surface area contributed by atoms with Crippen LogP contribution in [0.4, 0.5) is 0 Å². The van der Waals surface area contributed by atoms with Crippen LogP contribution in [0.3, 0.4) is 0 Å². The molecule has 0 aromatic heterocycles. The maximum Gasteiger partial charge on any atom is 0.187 e. The summed E-state index contributed by atoms with van der Waals surface area (Å²) in [6, 6.07) is 0. The van der Waals surface area contributed by atoms with Crippen LogP contribution in [-0.4, -0.2) is 116 Å². The number of hydrogen-bond acceptors (Lipinski definition) is 11. The second-order valence-electron chi connectivity index (χ2n) is 12.2. The highest BCUT2D eigenvalue weighted by molar-refractivity contribution is 5.85. The van der Waals surface area contributed by atoms with Crippen molar-refractivity contribution in [1.29, 1.82) is 0 Å². The number of Topliss-reactive ketones (excluding diaryl/α,β-unsaturated/α-hetero) is 1. The van der Waals surface area contributed by atoms with Crippen LogP contribution in [0.1, 0.15) is 52.4 Å². The van der Waals surface area contributed by atoms with E-state index in [1.165, 1.54) is 19.3 Å². The third-order valence-electron chi connectivity index (χ3n) is 8.61. The summed E-state index contributed by atoms with van der Waals surface area (Å²) in [5.74, 6) is -0.0506. The molecule has 11 nitrogen and oxygen atoms in total. The molecular formula is C24H41NO10. The van der Waals surface area contributed by atoms with Crippen LogP contribution in [-0.2, 0) is 14.3 Å². The fourth-order valence-electron chi connectivity index (χ4n) is 8.02. The lowest BCUT2D eigenvalue weighted by Crippen LogP contribution is -2.65. The lowest BCUT2D eigenvalue weighted by Gasteiger charge is -2.65. The number of aliphatic hydroxyl groups excluding tert-OH is 7. The fourth-order valence-corrected chi connectivity index (χ4v) is 8.02. The van der Waals surface area contributed by atoms with E-state index in [1.54, 1.807) is 0 Å². The van der Waals surface area contributed by atoms with E-state index < -0.39 is 68.0 Å². The molecule has 5 fully saturated rings. The highest BCUT2D eigenvalue weighted by Crippen LogP contribution is 2.66. The Morgan fingerprint density at radius 1 is 1.00 bits per heavy atom. The standard InChI is InChI=1S/C24H41NO10/c1-22-3-12-4-23(2,9-22)11-24(5-12,10-22)25-6-13(28)16(30)20(14(29)7-26)35-21-19(33)18(32)17(31)15(8-27)34-21/h12,14-21,25-27,29-33H,3-11H2,1-2H3/t12?,14-,15-,16-,17-,18+,19-,20?,21+,22?,23?,24?/m1/s1. The highest BCUT2D eigenvalue weighted by Gasteiger charge is 2.60. The van der Waals surface area contributed by atoms with E-state index in [4.69, 9.17) is 9.47 Å². The molecule has 4 bridgehead atoms. The maximum absolute atomic E-state index is 13.0. The van der Waals surface area contributed by atoms with Crippen molar-refractivity contribution in [3.05, 3.63) is 0 Å². The van der Waals surface area contributed by atoms with Gasteiger partial charge in [-0.1, -0.05) is 13.8 Å². The van der Waals surface area contributed by atoms with E-state index in [-0.39, 0.29) is 22.9 Å². The molecule has 0 aromatic carbocycles. The molecule has 0 radical (unpaired) electrons. The minimum absolute atomic E-state index is 0.160. The summed E-state index contributed by atoms with van der Waals surface area (Å²) in [4.78, 5) is 13.0. The molecule has 11 heteroatoms. The van der Waals surface area contributed by atoms with Crippen molar-refractivity contribution in [2.75, 3.05) is 19.8 Å². The molecule has 1 aliphatic heterocycles. The van der Waals surface area contributed by atoms with Crippen molar-refractivity contribution in [1.82, 2.24) is 5.32 Å². The molecule has 0 spiro atoms. The third-order valence-corrected chi connectivity index (χ3v) is 8.61. The van der Waals surface area contributed by atoms with Crippen LogP contribution in [0, 0.1) is 16.7 Å². The van der Waals surface area contributed by atoms with Gasteiger partial charge < -0.3 is 50.5 Å². The number of carbonyl (C=O) groups is 1. The average molecular weight is 504 g/mol. The summed E-state index contributed by atoms with van der Waals surface area (Å²) < 4.78 is 10.7. The van der Waals surface area contributed by atoms with Crippen LogP contribution < -0.4 is 5.32 Å². The van der Waals surface area contributed by atoms with E-state index in [0.29, 0.717) is 5.92 Å². The van der Waals surface area contributed by atoms with Crippen LogP contribution >= 0.6 is 0 Å². The van der Waals surface area contributed by atoms with Gasteiger partial charge in [-0.2, -0.15) is 0 Å². The minimum Gasteiger partial charge on any atom is -0.394 e. The highest BCUT2D eigenvalue weighted by atomic mass is 16.7. The van der Waals surface area contributed by atoms with Gasteiger partial charge in [0.25, 0.3) is 0 Å². The van der Waals surface area contributed by atoms with Crippen LogP contribution in [0.5, 0.6) is 0 Å². The summed E-state index contributed by atoms with van der Waals surface area (Å²) in [6.07, 6.45) is -6.84. The Morgan fingerprint density at radius 3 is 2.17 bits per heavy atom. The molecule has 202 valence electrons. The molecule has 10 atom stereocenters. The van der Waals surface area contributed by atoms with Crippen molar-refractivity contribution in [2.24, 2.45) is 16.7 Å². The number of nitrogens with one attached hydrogen (secondary N) is 1. The zero-order valence-electron chi connectivity index (χ0n) is 20.4. The number of carbonyl (C=O) groups excluding carboxylic acids is 1. The van der Waals surface area contributed by atoms with E-state index in [0.717, 1.165) is 19.3 Å². The van der Waals surface area contributed by atoms with Gasteiger partial charge in [0.15, 0.2) is 12.1 Å². The Kier molecular flexibility index (Phi) is 7.70. The van der Waals surface area contributed by atoms with Gasteiger partial charge in [0, 0.05) is 5.54 Å². The number of ketones is 1. The number of ether oxygens (including phenoxy) is 2. The summed E-state index contributed by atoms with van der Waals surface area (Å²) in [6.45, 7) is 2.93. The smallest absolute Gasteiger partial charge is 0.187 e. The quantitative estimate of drug-likeness (QED) is 0.161. The van der Waals surface area contributed by atoms with Gasteiger partial charge in [0.05, 0.1) is 19.8 Å². The number of hydrogen-bond donors (Lipinski definition) is 8. The van der Waals surface area contributed by atoms with Crippen molar-refractivity contribution in [3.63, 3.8) is 0 Å². The first-order valence-electron chi connectivity index (χ1n) is 12.5. The van der Waals surface area contributed by atoms with Crippen LogP contribution in [0.25, 0.3) is 0 Å². The van der Waals surface area contributed by atoms with Gasteiger partial charge in [0.2, 0.25) is 0 Å². The van der Waals surface area contributed by atoms with E-state index in [1.807, 2.05) is 0 Å². The molecule has 8 N–H and O–H groups in total. The Balaban J connectivity index is 1.42. The number of rotatable bonds is 10. The van der Waals surface area contributed by atoms with Gasteiger partial charge in [0.1, 0.15) is 42.7 Å². The van der Waals surface area contributed by atoms with Crippen LogP contribution in [0.2, 0.25) is 0 Å². The van der Waals surface area contributed by atoms with Gasteiger partial charge in [-0.25, -0.2) is 0 Å². The zero-order chi connectivity index (χ0) is 25.8. The average Bonchev–Trinajstić information content (AvgIpc) is 2.77. The van der Waals surface area contributed by atoms with Gasteiger partial charge in [-0.15, -0.1) is 0 Å². The largest absolute Gasteiger partial charge is 0.394 e. The molecule has 5 aliphatic rings. The summed E-state index contributed by atoms with van der Waals surface area (Å²) in [5, 5.41) is 73.4. The monoisotopic (exact) mass is 503 g/mol. The molecule has 0 aromatic rings. The third kappa shape index (κ3) is 5.31. The molecule has 4 saturated carbocycles. The SMILES string of the molecule is CC12CC3CC(C)(C1)CC(NCC(=O)[C@@H](O)C(O[C@@H]1O[C@H](CO)[C@@H](O)[C@H](O)[C@H]1O)[C@H](O)CO)(C3)C2. The fraction of sp³-hybridized carbons (Fsp3) is 0.958. The first kappa shape index (κ1) is 27.3. The lowest BCUT2D eigenvalue weighted by molar-refractivity contribution is -0.323. The van der Waals surface area contributed by atoms with Crippen molar-refractivity contribution < 1.29 is 50.0 Å². The summed E-state index contributed by atoms with van der Waals surface area (Å²) in [7, 11) is 0. The molecule has 1 saturated heterocycles. The van der Waals surface area contributed by atoms with Crippen molar-refractivity contribution in [3.8, 4) is 0 Å². The molecular weight excluding hydrogens is 462 g/mol. The molecule has 5 rings (SSSR count). The molecule has 35 heavy (non-hydrogen) atoms. The normalized spacial score (nSPS) is 47.5. The Morgan fingerprint density at radius 2 is 1.63 bits per heavy atom. The molecule has 3 unspecified atom stereocenters. The zero-order valence-corrected chi connectivity index (χ0v) is 20.4. The Bertz CT molecular complexity index is 761. The van der Waals surface area contributed by atoms with Gasteiger partial charge in [-0.05, 0) is 55.3 Å².